The number of allylic oxidation sites excluding steroid dienone is 2. The predicted molar refractivity (Wildman–Crippen MR) is 177 cm³/mol. The number of guanidine groups is 1. The fourth-order valence-corrected chi connectivity index (χ4v) is 6.23. The molecule has 2 aromatic heterocycles. The van der Waals surface area contributed by atoms with E-state index in [-0.39, 0.29) is 26.4 Å². The third kappa shape index (κ3) is 7.51. The lowest BCUT2D eigenvalue weighted by molar-refractivity contribution is -0.218. The Morgan fingerprint density at radius 3 is 2.35 bits per heavy atom. The highest BCUT2D eigenvalue weighted by molar-refractivity contribution is 6.33. The van der Waals surface area contributed by atoms with E-state index in [4.69, 9.17) is 17.3 Å². The minimum Gasteiger partial charge on any atom is -0.369 e. The average molecular weight is 785 g/mol. The standard InChI is InChI=1S/C33H29ClF8N10O2/c1-30(2,33(40,41)42)15-31(19-6-3-17(4-7-19)23-13-46-52(49-23)20-8-9-20)27(54)50(29(43)48-31)24(14-44-25(53)12-32(37,38)39)18-5-10-22(34)21(11-18)26-45-16-47-51(26)28(35)36/h3-8,10-11,13,16,24,28H,9,12,14-15H2,1-2H3,(H2,43,48)(H,44,53)/t24-,31-/m1/s1. The molecule has 21 heteroatoms. The van der Waals surface area contributed by atoms with Gasteiger partial charge in [-0.2, -0.15) is 54.8 Å². The molecule has 4 aromatic rings. The number of hydrogen-bond acceptors (Lipinski definition) is 8. The molecule has 54 heavy (non-hydrogen) atoms. The number of carbonyl (C=O) groups excluding carboxylic acids is 2. The molecule has 6 rings (SSSR count). The Hall–Kier alpha value is -5.40. The van der Waals surface area contributed by atoms with E-state index in [0.29, 0.717) is 17.7 Å². The predicted octanol–water partition coefficient (Wildman–Crippen LogP) is 6.64. The molecule has 286 valence electrons. The van der Waals surface area contributed by atoms with Crippen LogP contribution in [0.3, 0.4) is 0 Å². The molecular weight excluding hydrogens is 756 g/mol. The van der Waals surface area contributed by atoms with Crippen molar-refractivity contribution in [2.75, 3.05) is 6.54 Å². The lowest BCUT2D eigenvalue weighted by Gasteiger charge is -2.37. The first-order chi connectivity index (χ1) is 25.2. The molecule has 3 heterocycles. The van der Waals surface area contributed by atoms with Crippen LogP contribution in [0.25, 0.3) is 28.3 Å². The molecule has 0 saturated carbocycles. The molecule has 0 radical (unpaired) electrons. The Balaban J connectivity index is 1.44. The summed E-state index contributed by atoms with van der Waals surface area (Å²) in [7, 11) is 0. The third-order valence-electron chi connectivity index (χ3n) is 8.92. The second kappa shape index (κ2) is 13.8. The van der Waals surface area contributed by atoms with Crippen LogP contribution in [0.5, 0.6) is 0 Å². The van der Waals surface area contributed by atoms with Crippen molar-refractivity contribution >= 4 is 35.1 Å². The number of benzene rings is 2. The zero-order valence-electron chi connectivity index (χ0n) is 28.1. The van der Waals surface area contributed by atoms with Crippen LogP contribution in [0.2, 0.25) is 5.02 Å². The monoisotopic (exact) mass is 784 g/mol. The van der Waals surface area contributed by atoms with Gasteiger partial charge in [-0.1, -0.05) is 61.9 Å². The number of amides is 2. The molecule has 2 atom stereocenters. The first kappa shape index (κ1) is 38.3. The average Bonchev–Trinajstić information content (AvgIpc) is 3.49. The SMILES string of the molecule is CC(C)(C[C@]1(c2ccc(-c3cnn(C4=CC4)n3)cc2)N=C(N)N([C@H](CNC(=O)CC(F)(F)F)c2ccc(Cl)c(-c3ncnn3C(F)F)c2)C1=O)C(F)(F)F. The van der Waals surface area contributed by atoms with Gasteiger partial charge in [-0.25, -0.2) is 9.98 Å². The molecule has 3 N–H and O–H groups in total. The van der Waals surface area contributed by atoms with Crippen LogP contribution in [-0.2, 0) is 15.1 Å². The molecule has 1 aliphatic heterocycles. The molecule has 0 bridgehead atoms. The fraction of sp³-hybridized carbons (Fsp3) is 0.364. The van der Waals surface area contributed by atoms with Gasteiger partial charge in [0, 0.05) is 24.1 Å². The first-order valence-corrected chi connectivity index (χ1v) is 16.4. The summed E-state index contributed by atoms with van der Waals surface area (Å²) in [6.07, 6.45) is -7.73. The van der Waals surface area contributed by atoms with Crippen LogP contribution < -0.4 is 11.1 Å². The number of nitrogens with zero attached hydrogens (tertiary/aromatic N) is 8. The number of nitrogens with one attached hydrogen (secondary N) is 1. The maximum atomic E-state index is 14.8. The lowest BCUT2D eigenvalue weighted by Crippen LogP contribution is -2.50. The number of alkyl halides is 8. The van der Waals surface area contributed by atoms with Crippen LogP contribution in [0.4, 0.5) is 35.1 Å². The van der Waals surface area contributed by atoms with Crippen LogP contribution in [0, 0.1) is 5.41 Å². The van der Waals surface area contributed by atoms with Crippen molar-refractivity contribution in [1.82, 2.24) is 40.0 Å². The van der Waals surface area contributed by atoms with Gasteiger partial charge in [0.2, 0.25) is 5.91 Å². The van der Waals surface area contributed by atoms with Gasteiger partial charge in [-0.15, -0.1) is 5.10 Å². The van der Waals surface area contributed by atoms with E-state index < -0.39 is 78.9 Å². The smallest absolute Gasteiger partial charge is 0.369 e. The highest BCUT2D eigenvalue weighted by Gasteiger charge is 2.59. The van der Waals surface area contributed by atoms with Gasteiger partial charge in [-0.3, -0.25) is 14.5 Å². The largest absolute Gasteiger partial charge is 0.397 e. The van der Waals surface area contributed by atoms with Crippen molar-refractivity contribution < 1.29 is 44.7 Å². The number of carbonyl (C=O) groups is 2. The Labute approximate surface area is 305 Å². The van der Waals surface area contributed by atoms with Gasteiger partial charge >= 0.3 is 18.9 Å². The van der Waals surface area contributed by atoms with Crippen molar-refractivity contribution in [3.8, 4) is 22.6 Å². The summed E-state index contributed by atoms with van der Waals surface area (Å²) < 4.78 is 110. The van der Waals surface area contributed by atoms with E-state index in [1.165, 1.54) is 53.5 Å². The third-order valence-corrected chi connectivity index (χ3v) is 9.25. The quantitative estimate of drug-likeness (QED) is 0.153. The van der Waals surface area contributed by atoms with Crippen molar-refractivity contribution in [2.24, 2.45) is 16.1 Å². The van der Waals surface area contributed by atoms with Gasteiger partial charge in [0.1, 0.15) is 18.4 Å². The molecule has 1 aliphatic carbocycles. The van der Waals surface area contributed by atoms with Crippen LogP contribution in [-0.4, -0.2) is 71.3 Å². The summed E-state index contributed by atoms with van der Waals surface area (Å²) in [5, 5.41) is 14.0. The molecule has 0 saturated heterocycles. The Morgan fingerprint density at radius 2 is 1.74 bits per heavy atom. The minimum atomic E-state index is -4.91. The summed E-state index contributed by atoms with van der Waals surface area (Å²) in [6.45, 7) is -2.21. The molecule has 0 unspecified atom stereocenters. The molecule has 12 nitrogen and oxygen atoms in total. The van der Waals surface area contributed by atoms with Gasteiger partial charge in [-0.05, 0) is 29.7 Å². The summed E-state index contributed by atoms with van der Waals surface area (Å²) in [5.74, 6) is -3.68. The van der Waals surface area contributed by atoms with E-state index in [1.54, 1.807) is 0 Å². The van der Waals surface area contributed by atoms with Crippen molar-refractivity contribution in [3.63, 3.8) is 0 Å². The number of hydrogen-bond donors (Lipinski definition) is 2. The molecule has 2 aliphatic rings. The summed E-state index contributed by atoms with van der Waals surface area (Å²) in [5.41, 5.74) is 3.03. The number of rotatable bonds is 12. The van der Waals surface area contributed by atoms with Crippen molar-refractivity contribution in [1.29, 1.82) is 0 Å². The number of halogens is 9. The van der Waals surface area contributed by atoms with E-state index in [1.807, 2.05) is 6.08 Å². The normalized spacial score (nSPS) is 18.2. The lowest BCUT2D eigenvalue weighted by atomic mass is 9.74. The van der Waals surface area contributed by atoms with E-state index >= 15 is 0 Å². The second-order valence-corrected chi connectivity index (χ2v) is 13.6. The summed E-state index contributed by atoms with van der Waals surface area (Å²) >= 11 is 6.33. The topological polar surface area (TPSA) is 149 Å². The van der Waals surface area contributed by atoms with Gasteiger partial charge in [0.15, 0.2) is 17.3 Å². The van der Waals surface area contributed by atoms with Gasteiger partial charge in [0.25, 0.3) is 5.91 Å². The second-order valence-electron chi connectivity index (χ2n) is 13.2. The number of aromatic nitrogens is 6. The highest BCUT2D eigenvalue weighted by Crippen LogP contribution is 2.51. The zero-order valence-corrected chi connectivity index (χ0v) is 28.9. The molecule has 0 fully saturated rings. The Bertz CT molecular complexity index is 2140. The molecule has 2 amide bonds. The fourth-order valence-electron chi connectivity index (χ4n) is 6.03. The molecule has 0 spiro atoms. The van der Waals surface area contributed by atoms with Crippen LogP contribution in [0.15, 0.2) is 66.1 Å². The summed E-state index contributed by atoms with van der Waals surface area (Å²) in [4.78, 5) is 37.5. The maximum absolute atomic E-state index is 14.8. The van der Waals surface area contributed by atoms with Crippen molar-refractivity contribution in [3.05, 3.63) is 77.2 Å². The highest BCUT2D eigenvalue weighted by atomic mass is 35.5. The zero-order chi connectivity index (χ0) is 39.4. The molecular formula is C33H29ClF8N10O2. The van der Waals surface area contributed by atoms with Gasteiger partial charge < -0.3 is 11.1 Å². The van der Waals surface area contributed by atoms with E-state index in [9.17, 15) is 44.7 Å². The minimum absolute atomic E-state index is 0.0157. The Kier molecular flexibility index (Phi) is 9.78. The van der Waals surface area contributed by atoms with Gasteiger partial charge in [0.05, 0.1) is 28.4 Å². The first-order valence-electron chi connectivity index (χ1n) is 16.0. The Morgan fingerprint density at radius 1 is 1.06 bits per heavy atom. The maximum Gasteiger partial charge on any atom is 0.397 e. The van der Waals surface area contributed by atoms with Crippen LogP contribution >= 0.6 is 11.6 Å². The summed E-state index contributed by atoms with van der Waals surface area (Å²) in [6, 6.07) is 7.88. The molecule has 2 aromatic carbocycles. The van der Waals surface area contributed by atoms with E-state index in [2.05, 4.69) is 30.6 Å². The van der Waals surface area contributed by atoms with Crippen molar-refractivity contribution in [2.45, 2.75) is 63.6 Å². The number of aliphatic imine (C=N–C) groups is 1. The number of nitrogens with two attached hydrogens (primary N) is 1. The van der Waals surface area contributed by atoms with Crippen LogP contribution in [0.1, 0.15) is 56.8 Å². The van der Waals surface area contributed by atoms with E-state index in [0.717, 1.165) is 30.8 Å².